The fourth-order valence-electron chi connectivity index (χ4n) is 1.26. The summed E-state index contributed by atoms with van der Waals surface area (Å²) in [6.45, 7) is 2.07. The number of ether oxygens (including phenoxy) is 1. The van der Waals surface area contributed by atoms with Crippen LogP contribution in [0.4, 0.5) is 0 Å². The van der Waals surface area contributed by atoms with Gasteiger partial charge >= 0.3 is 0 Å². The average Bonchev–Trinajstić information content (AvgIpc) is 2.19. The van der Waals surface area contributed by atoms with Gasteiger partial charge in [-0.15, -0.1) is 11.6 Å². The smallest absolute Gasteiger partial charge is 0.126 e. The number of aryl methyl sites for hydroxylation is 1. The highest BCUT2D eigenvalue weighted by Crippen LogP contribution is 2.21. The number of allylic oxidation sites excluding steroid dienone is 1. The van der Waals surface area contributed by atoms with Gasteiger partial charge in [0.05, 0.1) is 7.11 Å². The zero-order chi connectivity index (χ0) is 10.4. The summed E-state index contributed by atoms with van der Waals surface area (Å²) in [5.41, 5.74) is 2.34. The van der Waals surface area contributed by atoms with Gasteiger partial charge in [0.25, 0.3) is 0 Å². The van der Waals surface area contributed by atoms with Crippen molar-refractivity contribution in [2.75, 3.05) is 13.0 Å². The Morgan fingerprint density at radius 3 is 2.86 bits per heavy atom. The van der Waals surface area contributed by atoms with Crippen LogP contribution >= 0.6 is 11.6 Å². The van der Waals surface area contributed by atoms with Crippen molar-refractivity contribution < 1.29 is 4.74 Å². The molecule has 0 spiro atoms. The summed E-state index contributed by atoms with van der Waals surface area (Å²) in [6, 6.07) is 6.12. The van der Waals surface area contributed by atoms with Crippen molar-refractivity contribution in [2.24, 2.45) is 0 Å². The molecule has 2 heteroatoms. The van der Waals surface area contributed by atoms with Crippen LogP contribution in [0.25, 0.3) is 6.08 Å². The van der Waals surface area contributed by atoms with E-state index in [4.69, 9.17) is 16.3 Å². The van der Waals surface area contributed by atoms with Gasteiger partial charge < -0.3 is 4.74 Å². The summed E-state index contributed by atoms with van der Waals surface area (Å²) in [7, 11) is 1.68. The summed E-state index contributed by atoms with van der Waals surface area (Å²) in [6.07, 6.45) is 5.00. The molecule has 0 N–H and O–H groups in total. The second kappa shape index (κ2) is 5.71. The summed E-state index contributed by atoms with van der Waals surface area (Å²) in [5, 5.41) is 0. The number of hydrogen-bond acceptors (Lipinski definition) is 1. The molecule has 0 saturated heterocycles. The second-order valence-electron chi connectivity index (χ2n) is 3.13. The molecule has 0 heterocycles. The van der Waals surface area contributed by atoms with Crippen molar-refractivity contribution in [1.82, 2.24) is 0 Å². The highest BCUT2D eigenvalue weighted by Gasteiger charge is 1.98. The molecule has 1 aromatic carbocycles. The maximum Gasteiger partial charge on any atom is 0.126 e. The third kappa shape index (κ3) is 3.08. The summed E-state index contributed by atoms with van der Waals surface area (Å²) in [5.74, 6) is 1.56. The number of benzene rings is 1. The fraction of sp³-hybridized carbons (Fsp3) is 0.333. The molecular formula is C12H15ClO. The normalized spacial score (nSPS) is 10.8. The summed E-state index contributed by atoms with van der Waals surface area (Å²) < 4.78 is 5.25. The molecular weight excluding hydrogens is 196 g/mol. The van der Waals surface area contributed by atoms with E-state index in [2.05, 4.69) is 19.1 Å². The van der Waals surface area contributed by atoms with Crippen molar-refractivity contribution in [3.63, 3.8) is 0 Å². The van der Waals surface area contributed by atoms with Crippen molar-refractivity contribution in [3.8, 4) is 5.75 Å². The van der Waals surface area contributed by atoms with Crippen LogP contribution in [0.15, 0.2) is 24.3 Å². The number of alkyl halides is 1. The molecule has 1 nitrogen and oxygen atoms in total. The highest BCUT2D eigenvalue weighted by atomic mass is 35.5. The number of hydrogen-bond donors (Lipinski definition) is 0. The van der Waals surface area contributed by atoms with Gasteiger partial charge in [-0.05, 0) is 25.5 Å². The Bertz CT molecular complexity index is 318. The zero-order valence-corrected chi connectivity index (χ0v) is 9.34. The van der Waals surface area contributed by atoms with Gasteiger partial charge in [0.2, 0.25) is 0 Å². The predicted octanol–water partition coefficient (Wildman–Crippen LogP) is 3.65. The van der Waals surface area contributed by atoms with Crippen LogP contribution in [0.1, 0.15) is 17.5 Å². The minimum atomic E-state index is 0.657. The molecule has 0 fully saturated rings. The van der Waals surface area contributed by atoms with E-state index in [1.54, 1.807) is 7.11 Å². The van der Waals surface area contributed by atoms with Crippen LogP contribution < -0.4 is 4.74 Å². The van der Waals surface area contributed by atoms with Crippen LogP contribution in [0.2, 0.25) is 0 Å². The lowest BCUT2D eigenvalue weighted by atomic mass is 10.1. The van der Waals surface area contributed by atoms with Crippen LogP contribution in [0, 0.1) is 6.92 Å². The van der Waals surface area contributed by atoms with Gasteiger partial charge in [-0.3, -0.25) is 0 Å². The summed E-state index contributed by atoms with van der Waals surface area (Å²) in [4.78, 5) is 0. The van der Waals surface area contributed by atoms with Gasteiger partial charge in [-0.1, -0.05) is 23.8 Å². The largest absolute Gasteiger partial charge is 0.496 e. The molecule has 14 heavy (non-hydrogen) atoms. The first-order valence-electron chi connectivity index (χ1n) is 4.65. The molecule has 0 saturated carbocycles. The van der Waals surface area contributed by atoms with E-state index in [0.29, 0.717) is 5.88 Å². The van der Waals surface area contributed by atoms with Crippen molar-refractivity contribution >= 4 is 17.7 Å². The number of halogens is 1. The Hall–Kier alpha value is -0.950. The third-order valence-electron chi connectivity index (χ3n) is 1.96. The lowest BCUT2D eigenvalue weighted by molar-refractivity contribution is 0.413. The quantitative estimate of drug-likeness (QED) is 0.690. The molecule has 0 unspecified atom stereocenters. The molecule has 0 aliphatic carbocycles. The molecule has 0 aliphatic heterocycles. The Kier molecular flexibility index (Phi) is 4.54. The Morgan fingerprint density at radius 1 is 1.43 bits per heavy atom. The Labute approximate surface area is 90.3 Å². The first-order valence-corrected chi connectivity index (χ1v) is 5.18. The first-order chi connectivity index (χ1) is 6.77. The van der Waals surface area contributed by atoms with Gasteiger partial charge in [-0.2, -0.15) is 0 Å². The predicted molar refractivity (Wildman–Crippen MR) is 62.1 cm³/mol. The summed E-state index contributed by atoms with van der Waals surface area (Å²) >= 11 is 5.59. The van der Waals surface area contributed by atoms with Gasteiger partial charge in [0.1, 0.15) is 5.75 Å². The average molecular weight is 211 g/mol. The van der Waals surface area contributed by atoms with Crippen molar-refractivity contribution in [1.29, 1.82) is 0 Å². The fourth-order valence-corrected chi connectivity index (χ4v) is 1.38. The van der Waals surface area contributed by atoms with Crippen molar-refractivity contribution in [2.45, 2.75) is 13.3 Å². The van der Waals surface area contributed by atoms with Crippen LogP contribution in [-0.2, 0) is 0 Å². The molecule has 0 radical (unpaired) electrons. The maximum atomic E-state index is 5.59. The van der Waals surface area contributed by atoms with Gasteiger partial charge in [0, 0.05) is 11.4 Å². The minimum Gasteiger partial charge on any atom is -0.496 e. The molecule has 0 bridgehead atoms. The molecule has 1 aromatic rings. The molecule has 0 atom stereocenters. The Morgan fingerprint density at radius 2 is 2.21 bits per heavy atom. The van der Waals surface area contributed by atoms with E-state index in [0.717, 1.165) is 17.7 Å². The van der Waals surface area contributed by atoms with E-state index in [1.807, 2.05) is 18.2 Å². The lowest BCUT2D eigenvalue weighted by Crippen LogP contribution is -1.87. The molecule has 0 amide bonds. The first kappa shape index (κ1) is 11.1. The lowest BCUT2D eigenvalue weighted by Gasteiger charge is -2.05. The topological polar surface area (TPSA) is 9.23 Å². The van der Waals surface area contributed by atoms with E-state index in [-0.39, 0.29) is 0 Å². The SMILES string of the molecule is COc1ccc(C)cc1/C=C/CCCl. The van der Waals surface area contributed by atoms with Crippen LogP contribution in [0.3, 0.4) is 0 Å². The van der Waals surface area contributed by atoms with E-state index >= 15 is 0 Å². The molecule has 1 rings (SSSR count). The standard InChI is InChI=1S/C12H15ClO/c1-10-6-7-12(14-2)11(9-10)5-3-4-8-13/h3,5-7,9H,4,8H2,1-2H3/b5-3+. The molecule has 0 aromatic heterocycles. The van der Waals surface area contributed by atoms with E-state index in [1.165, 1.54) is 5.56 Å². The molecule has 0 aliphatic rings. The zero-order valence-electron chi connectivity index (χ0n) is 8.59. The monoisotopic (exact) mass is 210 g/mol. The van der Waals surface area contributed by atoms with E-state index < -0.39 is 0 Å². The van der Waals surface area contributed by atoms with Crippen molar-refractivity contribution in [3.05, 3.63) is 35.4 Å². The second-order valence-corrected chi connectivity index (χ2v) is 3.50. The van der Waals surface area contributed by atoms with Crippen LogP contribution in [0.5, 0.6) is 5.75 Å². The van der Waals surface area contributed by atoms with Gasteiger partial charge in [-0.25, -0.2) is 0 Å². The molecule has 76 valence electrons. The highest BCUT2D eigenvalue weighted by molar-refractivity contribution is 6.17. The Balaban J connectivity index is 2.87. The third-order valence-corrected chi connectivity index (χ3v) is 2.18. The van der Waals surface area contributed by atoms with Gasteiger partial charge in [0.15, 0.2) is 0 Å². The number of methoxy groups -OCH3 is 1. The minimum absolute atomic E-state index is 0.657. The number of rotatable bonds is 4. The van der Waals surface area contributed by atoms with E-state index in [9.17, 15) is 0 Å². The maximum absolute atomic E-state index is 5.59. The van der Waals surface area contributed by atoms with Crippen LogP contribution in [-0.4, -0.2) is 13.0 Å².